The Balaban J connectivity index is 1.53. The van der Waals surface area contributed by atoms with E-state index in [1.807, 2.05) is 18.2 Å². The summed E-state index contributed by atoms with van der Waals surface area (Å²) in [4.78, 5) is 12.3. The number of aromatic nitrogens is 2. The number of nitrogens with zero attached hydrogens (tertiary/aromatic N) is 1. The lowest BCUT2D eigenvalue weighted by molar-refractivity contribution is 0.0931. The first-order valence-corrected chi connectivity index (χ1v) is 6.79. The molecule has 3 N–H and O–H groups in total. The molecule has 1 aromatic heterocycles. The van der Waals surface area contributed by atoms with Crippen molar-refractivity contribution in [3.05, 3.63) is 30.0 Å². The maximum Gasteiger partial charge on any atom is 0.251 e. The number of nitrogens with one attached hydrogen (secondary N) is 3. The Morgan fingerprint density at radius 2 is 2.32 bits per heavy atom. The smallest absolute Gasteiger partial charge is 0.251 e. The predicted molar refractivity (Wildman–Crippen MR) is 71.9 cm³/mol. The Kier molecular flexibility index (Phi) is 2.35. The molecule has 1 aromatic carbocycles. The molecule has 1 amide bonds. The molecule has 2 fully saturated rings. The van der Waals surface area contributed by atoms with Gasteiger partial charge in [-0.2, -0.15) is 5.10 Å². The molecular formula is C14H16N4O. The van der Waals surface area contributed by atoms with Crippen molar-refractivity contribution in [2.75, 3.05) is 0 Å². The van der Waals surface area contributed by atoms with Gasteiger partial charge in [-0.1, -0.05) is 6.07 Å². The number of hydrogen-bond acceptors (Lipinski definition) is 3. The van der Waals surface area contributed by atoms with Gasteiger partial charge in [0, 0.05) is 29.1 Å². The third-order valence-corrected chi connectivity index (χ3v) is 4.32. The number of carbonyl (C=O) groups excluding carboxylic acids is 1. The lowest BCUT2D eigenvalue weighted by Crippen LogP contribution is -2.42. The highest BCUT2D eigenvalue weighted by molar-refractivity contribution is 5.97. The molecule has 19 heavy (non-hydrogen) atoms. The molecule has 98 valence electrons. The van der Waals surface area contributed by atoms with E-state index < -0.39 is 0 Å². The fourth-order valence-electron chi connectivity index (χ4n) is 3.31. The highest BCUT2D eigenvalue weighted by Crippen LogP contribution is 2.28. The van der Waals surface area contributed by atoms with E-state index in [1.165, 1.54) is 12.8 Å². The van der Waals surface area contributed by atoms with Crippen LogP contribution in [-0.2, 0) is 0 Å². The van der Waals surface area contributed by atoms with Crippen molar-refractivity contribution in [3.63, 3.8) is 0 Å². The number of benzene rings is 1. The quantitative estimate of drug-likeness (QED) is 0.756. The molecule has 0 radical (unpaired) electrons. The summed E-state index contributed by atoms with van der Waals surface area (Å²) in [5.41, 5.74) is 1.60. The van der Waals surface area contributed by atoms with Crippen molar-refractivity contribution in [3.8, 4) is 0 Å². The zero-order valence-electron chi connectivity index (χ0n) is 10.5. The maximum atomic E-state index is 12.3. The first-order chi connectivity index (χ1) is 9.29. The minimum absolute atomic E-state index is 0.0100. The second-order valence-corrected chi connectivity index (χ2v) is 5.54. The number of rotatable bonds is 2. The van der Waals surface area contributed by atoms with Crippen molar-refractivity contribution in [2.24, 2.45) is 0 Å². The molecule has 0 spiro atoms. The topological polar surface area (TPSA) is 69.8 Å². The summed E-state index contributed by atoms with van der Waals surface area (Å²) >= 11 is 0. The van der Waals surface area contributed by atoms with Crippen molar-refractivity contribution in [1.82, 2.24) is 20.8 Å². The van der Waals surface area contributed by atoms with E-state index in [1.54, 1.807) is 6.20 Å². The zero-order valence-corrected chi connectivity index (χ0v) is 10.5. The summed E-state index contributed by atoms with van der Waals surface area (Å²) in [7, 11) is 0. The van der Waals surface area contributed by atoms with Crippen LogP contribution in [0.3, 0.4) is 0 Å². The number of carbonyl (C=O) groups is 1. The average molecular weight is 256 g/mol. The van der Waals surface area contributed by atoms with Gasteiger partial charge in [-0.3, -0.25) is 9.89 Å². The molecule has 0 saturated carbocycles. The van der Waals surface area contributed by atoms with E-state index in [2.05, 4.69) is 20.8 Å². The summed E-state index contributed by atoms with van der Waals surface area (Å²) in [6, 6.07) is 6.98. The van der Waals surface area contributed by atoms with Gasteiger partial charge in [0.25, 0.3) is 5.91 Å². The lowest BCUT2D eigenvalue weighted by atomic mass is 9.95. The van der Waals surface area contributed by atoms with Gasteiger partial charge in [0.1, 0.15) is 0 Å². The van der Waals surface area contributed by atoms with Crippen LogP contribution < -0.4 is 10.6 Å². The van der Waals surface area contributed by atoms with Crippen LogP contribution >= 0.6 is 0 Å². The van der Waals surface area contributed by atoms with E-state index in [0.29, 0.717) is 17.6 Å². The van der Waals surface area contributed by atoms with E-state index in [-0.39, 0.29) is 11.9 Å². The van der Waals surface area contributed by atoms with Crippen LogP contribution in [-0.4, -0.2) is 34.2 Å². The largest absolute Gasteiger partial charge is 0.348 e. The molecular weight excluding hydrogens is 240 g/mol. The molecule has 4 rings (SSSR count). The molecule has 2 aliphatic heterocycles. The molecule has 2 saturated heterocycles. The van der Waals surface area contributed by atoms with E-state index in [9.17, 15) is 4.79 Å². The second-order valence-electron chi connectivity index (χ2n) is 5.54. The van der Waals surface area contributed by atoms with Crippen molar-refractivity contribution in [1.29, 1.82) is 0 Å². The molecule has 3 atom stereocenters. The van der Waals surface area contributed by atoms with Crippen molar-refractivity contribution in [2.45, 2.75) is 37.4 Å². The molecule has 0 unspecified atom stereocenters. The summed E-state index contributed by atoms with van der Waals surface area (Å²) in [6.45, 7) is 0. The first-order valence-electron chi connectivity index (χ1n) is 6.79. The van der Waals surface area contributed by atoms with Gasteiger partial charge in [-0.05, 0) is 31.4 Å². The Morgan fingerprint density at radius 3 is 3.11 bits per heavy atom. The molecule has 2 bridgehead atoms. The van der Waals surface area contributed by atoms with Crippen molar-refractivity contribution >= 4 is 16.8 Å². The van der Waals surface area contributed by atoms with Crippen LogP contribution in [0.25, 0.3) is 10.9 Å². The number of amides is 1. The molecule has 0 aliphatic carbocycles. The minimum Gasteiger partial charge on any atom is -0.348 e. The van der Waals surface area contributed by atoms with E-state index in [0.717, 1.165) is 17.3 Å². The van der Waals surface area contributed by atoms with Crippen LogP contribution in [0.4, 0.5) is 0 Å². The highest BCUT2D eigenvalue weighted by Gasteiger charge is 2.39. The fourth-order valence-corrected chi connectivity index (χ4v) is 3.31. The normalized spacial score (nSPS) is 28.9. The van der Waals surface area contributed by atoms with E-state index >= 15 is 0 Å². The molecule has 5 nitrogen and oxygen atoms in total. The fraction of sp³-hybridized carbons (Fsp3) is 0.429. The Labute approximate surface area is 110 Å². The van der Waals surface area contributed by atoms with Gasteiger partial charge < -0.3 is 10.6 Å². The van der Waals surface area contributed by atoms with Gasteiger partial charge in [0.2, 0.25) is 0 Å². The molecule has 5 heteroatoms. The molecule has 2 aliphatic rings. The Bertz CT molecular complexity index is 635. The average Bonchev–Trinajstić information content (AvgIpc) is 3.13. The summed E-state index contributed by atoms with van der Waals surface area (Å²) < 4.78 is 0. The molecule has 3 heterocycles. The van der Waals surface area contributed by atoms with Crippen LogP contribution in [0.15, 0.2) is 24.4 Å². The van der Waals surface area contributed by atoms with Crippen LogP contribution in [0.5, 0.6) is 0 Å². The van der Waals surface area contributed by atoms with Crippen LogP contribution in [0.2, 0.25) is 0 Å². The predicted octanol–water partition coefficient (Wildman–Crippen LogP) is 1.19. The number of fused-ring (bicyclic) bond motifs is 3. The minimum atomic E-state index is 0.0100. The van der Waals surface area contributed by atoms with Crippen LogP contribution in [0, 0.1) is 0 Å². The first kappa shape index (κ1) is 11.0. The van der Waals surface area contributed by atoms with Crippen molar-refractivity contribution < 1.29 is 4.79 Å². The van der Waals surface area contributed by atoms with Crippen LogP contribution in [0.1, 0.15) is 29.6 Å². The van der Waals surface area contributed by atoms with Gasteiger partial charge in [0.05, 0.1) is 11.7 Å². The molecule has 2 aromatic rings. The van der Waals surface area contributed by atoms with Gasteiger partial charge >= 0.3 is 0 Å². The monoisotopic (exact) mass is 256 g/mol. The van der Waals surface area contributed by atoms with Gasteiger partial charge in [-0.15, -0.1) is 0 Å². The zero-order chi connectivity index (χ0) is 12.8. The highest BCUT2D eigenvalue weighted by atomic mass is 16.1. The standard InChI is InChI=1S/C14H16N4O/c19-14(17-13-6-10-3-4-11(13)16-10)8-1-2-9-7-15-18-12(9)5-8/h1-2,5,7,10-11,13,16H,3-4,6H2,(H,15,18)(H,17,19)/t10-,11+,13-/m1/s1. The maximum absolute atomic E-state index is 12.3. The third-order valence-electron chi connectivity index (χ3n) is 4.32. The van der Waals surface area contributed by atoms with Gasteiger partial charge in [-0.25, -0.2) is 0 Å². The summed E-state index contributed by atoms with van der Waals surface area (Å²) in [5, 5.41) is 14.6. The van der Waals surface area contributed by atoms with Gasteiger partial charge in [0.15, 0.2) is 0 Å². The number of aromatic amines is 1. The Morgan fingerprint density at radius 1 is 1.37 bits per heavy atom. The number of H-pyrrole nitrogens is 1. The number of hydrogen-bond donors (Lipinski definition) is 3. The second kappa shape index (κ2) is 4.06. The SMILES string of the molecule is O=C(N[C@@H]1C[C@H]2CC[C@@H]1N2)c1ccc2cn[nH]c2c1. The van der Waals surface area contributed by atoms with E-state index in [4.69, 9.17) is 0 Å². The summed E-state index contributed by atoms with van der Waals surface area (Å²) in [6.07, 6.45) is 5.24. The summed E-state index contributed by atoms with van der Waals surface area (Å²) in [5.74, 6) is 0.0100. The third kappa shape index (κ3) is 1.81. The lowest BCUT2D eigenvalue weighted by Gasteiger charge is -2.21. The Hall–Kier alpha value is -1.88.